The average Bonchev–Trinajstić information content (AvgIpc) is 2.66. The van der Waals surface area contributed by atoms with Crippen molar-refractivity contribution in [2.75, 3.05) is 18.7 Å². The fraction of sp³-hybridized carbons (Fsp3) is 0.167. The van der Waals surface area contributed by atoms with Crippen molar-refractivity contribution in [3.05, 3.63) is 65.7 Å². The van der Waals surface area contributed by atoms with Gasteiger partial charge in [-0.05, 0) is 42.0 Å². The van der Waals surface area contributed by atoms with Gasteiger partial charge in [0.15, 0.2) is 0 Å². The molecule has 6 nitrogen and oxygen atoms in total. The van der Waals surface area contributed by atoms with Gasteiger partial charge in [0.25, 0.3) is 10.0 Å². The second kappa shape index (κ2) is 8.44. The fourth-order valence-corrected chi connectivity index (χ4v) is 3.56. The largest absolute Gasteiger partial charge is 0.466 e. The Bertz CT molecular complexity index is 987. The SMILES string of the molecule is COC(=O)C=Cc1cccc(S(=O)(=O)N(OC)c2cccc(C(F)(F)F)c2)c1. The van der Waals surface area contributed by atoms with E-state index < -0.39 is 27.7 Å². The number of esters is 1. The molecular formula is C18H16F3NO5S. The molecule has 0 aliphatic rings. The van der Waals surface area contributed by atoms with Crippen LogP contribution in [0.4, 0.5) is 18.9 Å². The Morgan fingerprint density at radius 2 is 1.75 bits per heavy atom. The number of hydrogen-bond donors (Lipinski definition) is 0. The number of hydrogen-bond acceptors (Lipinski definition) is 5. The van der Waals surface area contributed by atoms with Crippen LogP contribution in [-0.4, -0.2) is 28.6 Å². The molecular weight excluding hydrogens is 399 g/mol. The van der Waals surface area contributed by atoms with Crippen LogP contribution in [0.25, 0.3) is 6.08 Å². The van der Waals surface area contributed by atoms with Crippen LogP contribution in [0.1, 0.15) is 11.1 Å². The van der Waals surface area contributed by atoms with E-state index in [9.17, 15) is 26.4 Å². The highest BCUT2D eigenvalue weighted by Gasteiger charge is 2.32. The van der Waals surface area contributed by atoms with Gasteiger partial charge in [0.1, 0.15) is 0 Å². The summed E-state index contributed by atoms with van der Waals surface area (Å²) in [5, 5.41) is 0. The van der Waals surface area contributed by atoms with Crippen LogP contribution < -0.4 is 4.47 Å². The zero-order valence-corrected chi connectivity index (χ0v) is 15.6. The van der Waals surface area contributed by atoms with E-state index in [4.69, 9.17) is 4.84 Å². The Morgan fingerprint density at radius 3 is 2.36 bits per heavy atom. The molecule has 0 bridgehead atoms. The van der Waals surface area contributed by atoms with Crippen LogP contribution in [0.15, 0.2) is 59.5 Å². The second-order valence-electron chi connectivity index (χ2n) is 5.39. The van der Waals surface area contributed by atoms with Crippen molar-refractivity contribution in [2.24, 2.45) is 0 Å². The first-order valence-corrected chi connectivity index (χ1v) is 9.16. The molecule has 10 heteroatoms. The quantitative estimate of drug-likeness (QED) is 0.409. The number of carbonyl (C=O) groups is 1. The maximum atomic E-state index is 12.9. The molecule has 2 rings (SSSR count). The molecule has 0 saturated carbocycles. The summed E-state index contributed by atoms with van der Waals surface area (Å²) >= 11 is 0. The number of sulfonamides is 1. The van der Waals surface area contributed by atoms with E-state index in [1.807, 2.05) is 0 Å². The van der Waals surface area contributed by atoms with Crippen molar-refractivity contribution in [2.45, 2.75) is 11.1 Å². The lowest BCUT2D eigenvalue weighted by molar-refractivity contribution is -0.137. The summed E-state index contributed by atoms with van der Waals surface area (Å²) in [6.45, 7) is 0. The Kier molecular flexibility index (Phi) is 6.47. The number of rotatable bonds is 6. The second-order valence-corrected chi connectivity index (χ2v) is 7.15. The first kappa shape index (κ1) is 21.5. The van der Waals surface area contributed by atoms with Crippen molar-refractivity contribution < 1.29 is 36.0 Å². The summed E-state index contributed by atoms with van der Waals surface area (Å²) in [6, 6.07) is 9.21. The van der Waals surface area contributed by atoms with Crippen LogP contribution in [0.2, 0.25) is 0 Å². The van der Waals surface area contributed by atoms with E-state index in [0.717, 1.165) is 25.3 Å². The number of ether oxygens (including phenoxy) is 1. The lowest BCUT2D eigenvalue weighted by Crippen LogP contribution is -2.30. The Hall–Kier alpha value is -2.85. The van der Waals surface area contributed by atoms with Crippen molar-refractivity contribution >= 4 is 27.8 Å². The van der Waals surface area contributed by atoms with E-state index in [-0.39, 0.29) is 10.6 Å². The predicted octanol–water partition coefficient (Wildman–Crippen LogP) is 3.65. The minimum absolute atomic E-state index is 0.237. The van der Waals surface area contributed by atoms with Crippen LogP contribution in [0.3, 0.4) is 0 Å². The zero-order valence-electron chi connectivity index (χ0n) is 14.8. The lowest BCUT2D eigenvalue weighted by atomic mass is 10.2. The molecule has 2 aromatic carbocycles. The molecule has 0 aliphatic heterocycles. The summed E-state index contributed by atoms with van der Waals surface area (Å²) in [5.74, 6) is -0.629. The van der Waals surface area contributed by atoms with Crippen LogP contribution in [0, 0.1) is 0 Å². The normalized spacial score (nSPS) is 12.2. The van der Waals surface area contributed by atoms with Gasteiger partial charge in [0, 0.05) is 6.08 Å². The summed E-state index contributed by atoms with van der Waals surface area (Å²) < 4.78 is 69.4. The molecule has 0 spiro atoms. The van der Waals surface area contributed by atoms with Gasteiger partial charge in [0.2, 0.25) is 0 Å². The summed E-state index contributed by atoms with van der Waals surface area (Å²) in [4.78, 5) is 15.8. The molecule has 0 radical (unpaired) electrons. The maximum absolute atomic E-state index is 12.9. The molecule has 0 atom stereocenters. The van der Waals surface area contributed by atoms with E-state index in [0.29, 0.717) is 16.1 Å². The molecule has 0 saturated heterocycles. The predicted molar refractivity (Wildman–Crippen MR) is 95.6 cm³/mol. The van der Waals surface area contributed by atoms with Crippen LogP contribution in [-0.2, 0) is 30.6 Å². The van der Waals surface area contributed by atoms with Crippen molar-refractivity contribution in [3.63, 3.8) is 0 Å². The highest BCUT2D eigenvalue weighted by molar-refractivity contribution is 7.92. The highest BCUT2D eigenvalue weighted by atomic mass is 32.2. The number of anilines is 1. The van der Waals surface area contributed by atoms with Crippen molar-refractivity contribution in [1.82, 2.24) is 0 Å². The summed E-state index contributed by atoms with van der Waals surface area (Å²) in [5.41, 5.74) is -0.962. The third-order valence-electron chi connectivity index (χ3n) is 3.54. The van der Waals surface area contributed by atoms with E-state index >= 15 is 0 Å². The molecule has 0 aromatic heterocycles. The van der Waals surface area contributed by atoms with Gasteiger partial charge in [-0.3, -0.25) is 4.84 Å². The van der Waals surface area contributed by atoms with E-state index in [2.05, 4.69) is 4.74 Å². The third kappa shape index (κ3) is 4.90. The Morgan fingerprint density at radius 1 is 1.07 bits per heavy atom. The molecule has 0 aliphatic carbocycles. The first-order chi connectivity index (χ1) is 13.1. The standard InChI is InChI=1S/C18H16F3NO5S/c1-26-17(23)10-9-13-5-3-8-16(11-13)28(24,25)22(27-2)15-7-4-6-14(12-15)18(19,20)21/h3-12H,1-2H3. The molecule has 150 valence electrons. The van der Waals surface area contributed by atoms with Gasteiger partial charge < -0.3 is 4.74 Å². The number of benzene rings is 2. The smallest absolute Gasteiger partial charge is 0.416 e. The van der Waals surface area contributed by atoms with Gasteiger partial charge in [-0.25, -0.2) is 4.79 Å². The topological polar surface area (TPSA) is 72.9 Å². The molecule has 0 heterocycles. The van der Waals surface area contributed by atoms with Gasteiger partial charge >= 0.3 is 12.1 Å². The zero-order chi connectivity index (χ0) is 20.9. The van der Waals surface area contributed by atoms with Gasteiger partial charge in [-0.2, -0.15) is 21.6 Å². The van der Waals surface area contributed by atoms with Crippen molar-refractivity contribution in [3.8, 4) is 0 Å². The van der Waals surface area contributed by atoms with Gasteiger partial charge in [-0.1, -0.05) is 18.2 Å². The summed E-state index contributed by atoms with van der Waals surface area (Å²) in [7, 11) is -2.12. The number of halogens is 3. The minimum atomic E-state index is -4.64. The van der Waals surface area contributed by atoms with Gasteiger partial charge in [0.05, 0.1) is 30.4 Å². The first-order valence-electron chi connectivity index (χ1n) is 7.72. The van der Waals surface area contributed by atoms with Crippen LogP contribution in [0.5, 0.6) is 0 Å². The Labute approximate surface area is 159 Å². The number of nitrogens with zero attached hydrogens (tertiary/aromatic N) is 1. The molecule has 2 aromatic rings. The monoisotopic (exact) mass is 415 g/mol. The van der Waals surface area contributed by atoms with Gasteiger partial charge in [-0.15, -0.1) is 4.47 Å². The lowest BCUT2D eigenvalue weighted by Gasteiger charge is -2.22. The highest BCUT2D eigenvalue weighted by Crippen LogP contribution is 2.33. The van der Waals surface area contributed by atoms with E-state index in [1.165, 1.54) is 37.5 Å². The molecule has 28 heavy (non-hydrogen) atoms. The Balaban J connectivity index is 2.45. The number of carbonyl (C=O) groups excluding carboxylic acids is 1. The fourth-order valence-electron chi connectivity index (χ4n) is 2.24. The molecule has 0 unspecified atom stereocenters. The molecule has 0 N–H and O–H groups in total. The maximum Gasteiger partial charge on any atom is 0.416 e. The average molecular weight is 415 g/mol. The molecule has 0 amide bonds. The number of alkyl halides is 3. The van der Waals surface area contributed by atoms with Crippen LogP contribution >= 0.6 is 0 Å². The van der Waals surface area contributed by atoms with Crippen molar-refractivity contribution in [1.29, 1.82) is 0 Å². The number of methoxy groups -OCH3 is 1. The summed E-state index contributed by atoms with van der Waals surface area (Å²) in [6.07, 6.45) is -2.20. The minimum Gasteiger partial charge on any atom is -0.466 e. The molecule has 0 fully saturated rings. The third-order valence-corrected chi connectivity index (χ3v) is 5.18. The van der Waals surface area contributed by atoms with E-state index in [1.54, 1.807) is 6.07 Å².